The van der Waals surface area contributed by atoms with Gasteiger partial charge in [0.25, 0.3) is 5.91 Å². The van der Waals surface area contributed by atoms with Crippen molar-refractivity contribution in [3.05, 3.63) is 64.3 Å². The Morgan fingerprint density at radius 3 is 2.73 bits per heavy atom. The molecule has 0 aliphatic rings. The average molecular weight is 473 g/mol. The second-order valence-electron chi connectivity index (χ2n) is 6.33. The van der Waals surface area contributed by atoms with E-state index >= 15 is 0 Å². The second-order valence-corrected chi connectivity index (χ2v) is 7.18. The topological polar surface area (TPSA) is 135 Å². The molecule has 0 radical (unpaired) electrons. The highest BCUT2D eigenvalue weighted by atomic mass is 79.9. The van der Waals surface area contributed by atoms with E-state index in [1.165, 1.54) is 12.3 Å². The van der Waals surface area contributed by atoms with Gasteiger partial charge in [0, 0.05) is 18.3 Å². The van der Waals surface area contributed by atoms with Crippen LogP contribution in [0, 0.1) is 0 Å². The van der Waals surface area contributed by atoms with E-state index in [1.54, 1.807) is 24.5 Å². The standard InChI is InChI=1S/C20H21BrN6O3/c1-2-7-23-15-6-5-12(18(22)28)9-16(15)26-19(29)17-14(21)11-25-20(27-17)24-10-13-4-3-8-30-13/h3-6,8-9,11,23H,2,7,10H2,1H3,(H2,22,28)(H,26,29)(H,24,25,27). The summed E-state index contributed by atoms with van der Waals surface area (Å²) < 4.78 is 5.69. The van der Waals surface area contributed by atoms with Gasteiger partial charge in [-0.05, 0) is 52.7 Å². The number of furan rings is 1. The van der Waals surface area contributed by atoms with Gasteiger partial charge >= 0.3 is 0 Å². The molecule has 0 atom stereocenters. The molecule has 0 saturated carbocycles. The number of benzene rings is 1. The number of halogens is 1. The highest BCUT2D eigenvalue weighted by Gasteiger charge is 2.17. The highest BCUT2D eigenvalue weighted by Crippen LogP contribution is 2.25. The smallest absolute Gasteiger partial charge is 0.275 e. The molecule has 0 bridgehead atoms. The zero-order valence-electron chi connectivity index (χ0n) is 16.2. The monoisotopic (exact) mass is 472 g/mol. The fourth-order valence-electron chi connectivity index (χ4n) is 2.59. The van der Waals surface area contributed by atoms with E-state index in [0.717, 1.165) is 6.42 Å². The number of hydrogen-bond donors (Lipinski definition) is 4. The predicted octanol–water partition coefficient (Wildman–Crippen LogP) is 3.62. The molecule has 2 heterocycles. The molecule has 2 amide bonds. The Kier molecular flexibility index (Phi) is 7.02. The molecule has 10 heteroatoms. The van der Waals surface area contributed by atoms with Crippen molar-refractivity contribution in [1.29, 1.82) is 0 Å². The number of primary amides is 1. The summed E-state index contributed by atoms with van der Waals surface area (Å²) in [6.45, 7) is 3.11. The SMILES string of the molecule is CCCNc1ccc(C(N)=O)cc1NC(=O)c1nc(NCc2ccco2)ncc1Br. The van der Waals surface area contributed by atoms with Gasteiger partial charge in [-0.2, -0.15) is 0 Å². The molecule has 5 N–H and O–H groups in total. The van der Waals surface area contributed by atoms with E-state index in [2.05, 4.69) is 41.8 Å². The van der Waals surface area contributed by atoms with Crippen LogP contribution in [0.15, 0.2) is 51.7 Å². The zero-order valence-corrected chi connectivity index (χ0v) is 17.8. The number of carbonyl (C=O) groups is 2. The van der Waals surface area contributed by atoms with Crippen LogP contribution in [0.5, 0.6) is 0 Å². The van der Waals surface area contributed by atoms with Crippen molar-refractivity contribution in [1.82, 2.24) is 9.97 Å². The number of hydrogen-bond acceptors (Lipinski definition) is 7. The molecule has 0 aliphatic carbocycles. The molecule has 3 aromatic rings. The molecule has 3 rings (SSSR count). The van der Waals surface area contributed by atoms with Crippen LogP contribution in [0.3, 0.4) is 0 Å². The Morgan fingerprint density at radius 2 is 2.03 bits per heavy atom. The normalized spacial score (nSPS) is 10.5. The van der Waals surface area contributed by atoms with Crippen LogP contribution in [0.1, 0.15) is 40.0 Å². The summed E-state index contributed by atoms with van der Waals surface area (Å²) in [6, 6.07) is 8.44. The fraction of sp³-hybridized carbons (Fsp3) is 0.200. The molecule has 30 heavy (non-hydrogen) atoms. The first-order valence-corrected chi connectivity index (χ1v) is 10.0. The van der Waals surface area contributed by atoms with Gasteiger partial charge in [-0.3, -0.25) is 9.59 Å². The highest BCUT2D eigenvalue weighted by molar-refractivity contribution is 9.10. The van der Waals surface area contributed by atoms with Crippen LogP contribution in [0.4, 0.5) is 17.3 Å². The summed E-state index contributed by atoms with van der Waals surface area (Å²) in [7, 11) is 0. The molecule has 0 unspecified atom stereocenters. The molecule has 0 spiro atoms. The number of nitrogens with two attached hydrogens (primary N) is 1. The zero-order chi connectivity index (χ0) is 21.5. The van der Waals surface area contributed by atoms with E-state index in [9.17, 15) is 9.59 Å². The van der Waals surface area contributed by atoms with Crippen LogP contribution in [0.2, 0.25) is 0 Å². The first kappa shape index (κ1) is 21.3. The van der Waals surface area contributed by atoms with Gasteiger partial charge in [0.1, 0.15) is 11.5 Å². The summed E-state index contributed by atoms with van der Waals surface area (Å²) >= 11 is 3.31. The maximum absolute atomic E-state index is 12.9. The quantitative estimate of drug-likeness (QED) is 0.373. The largest absolute Gasteiger partial charge is 0.467 e. The summed E-state index contributed by atoms with van der Waals surface area (Å²) in [4.78, 5) is 32.9. The van der Waals surface area contributed by atoms with E-state index in [1.807, 2.05) is 13.0 Å². The van der Waals surface area contributed by atoms with Crippen LogP contribution in [-0.2, 0) is 6.54 Å². The van der Waals surface area contributed by atoms with E-state index in [4.69, 9.17) is 10.2 Å². The Bertz CT molecular complexity index is 1040. The minimum atomic E-state index is -0.583. The Balaban J connectivity index is 1.81. The maximum Gasteiger partial charge on any atom is 0.275 e. The Hall–Kier alpha value is -3.40. The van der Waals surface area contributed by atoms with Gasteiger partial charge in [-0.25, -0.2) is 9.97 Å². The first-order chi connectivity index (χ1) is 14.5. The minimum Gasteiger partial charge on any atom is -0.467 e. The molecule has 9 nitrogen and oxygen atoms in total. The number of carbonyl (C=O) groups excluding carboxylic acids is 2. The summed E-state index contributed by atoms with van der Waals surface area (Å²) in [5, 5.41) is 9.01. The lowest BCUT2D eigenvalue weighted by Gasteiger charge is -2.14. The Labute approximate surface area is 181 Å². The van der Waals surface area contributed by atoms with E-state index in [-0.39, 0.29) is 17.2 Å². The number of anilines is 3. The first-order valence-electron chi connectivity index (χ1n) is 9.25. The third-order valence-electron chi connectivity index (χ3n) is 4.08. The van der Waals surface area contributed by atoms with Crippen molar-refractivity contribution in [2.75, 3.05) is 22.5 Å². The van der Waals surface area contributed by atoms with Crippen LogP contribution in [0.25, 0.3) is 0 Å². The van der Waals surface area contributed by atoms with Crippen molar-refractivity contribution in [2.24, 2.45) is 5.73 Å². The molecule has 0 saturated heterocycles. The third-order valence-corrected chi connectivity index (χ3v) is 4.66. The van der Waals surface area contributed by atoms with Crippen molar-refractivity contribution < 1.29 is 14.0 Å². The molecule has 2 aromatic heterocycles. The lowest BCUT2D eigenvalue weighted by molar-refractivity contribution is 0.0995. The van der Waals surface area contributed by atoms with E-state index in [0.29, 0.717) is 34.7 Å². The van der Waals surface area contributed by atoms with Crippen molar-refractivity contribution >= 4 is 45.1 Å². The predicted molar refractivity (Wildman–Crippen MR) is 117 cm³/mol. The molecular weight excluding hydrogens is 452 g/mol. The average Bonchev–Trinajstić information content (AvgIpc) is 3.25. The maximum atomic E-state index is 12.9. The van der Waals surface area contributed by atoms with Gasteiger partial charge < -0.3 is 26.1 Å². The number of nitrogens with zero attached hydrogens (tertiary/aromatic N) is 2. The minimum absolute atomic E-state index is 0.137. The van der Waals surface area contributed by atoms with E-state index < -0.39 is 11.8 Å². The molecule has 1 aromatic carbocycles. The molecule has 0 fully saturated rings. The molecular formula is C20H21BrN6O3. The molecule has 0 aliphatic heterocycles. The van der Waals surface area contributed by atoms with Gasteiger partial charge in [0.2, 0.25) is 11.9 Å². The number of amides is 2. The van der Waals surface area contributed by atoms with Gasteiger partial charge in [-0.1, -0.05) is 6.92 Å². The van der Waals surface area contributed by atoms with Crippen molar-refractivity contribution in [3.63, 3.8) is 0 Å². The summed E-state index contributed by atoms with van der Waals surface area (Å²) in [5.41, 5.74) is 6.91. The second kappa shape index (κ2) is 9.88. The van der Waals surface area contributed by atoms with Gasteiger partial charge in [0.15, 0.2) is 0 Å². The third kappa shape index (κ3) is 5.35. The number of aromatic nitrogens is 2. The van der Waals surface area contributed by atoms with Crippen molar-refractivity contribution in [2.45, 2.75) is 19.9 Å². The number of rotatable bonds is 9. The summed E-state index contributed by atoms with van der Waals surface area (Å²) in [6.07, 6.45) is 3.96. The van der Waals surface area contributed by atoms with Crippen LogP contribution < -0.4 is 21.7 Å². The van der Waals surface area contributed by atoms with Crippen LogP contribution >= 0.6 is 15.9 Å². The summed E-state index contributed by atoms with van der Waals surface area (Å²) in [5.74, 6) is -0.0657. The lowest BCUT2D eigenvalue weighted by atomic mass is 10.1. The lowest BCUT2D eigenvalue weighted by Crippen LogP contribution is -2.18. The van der Waals surface area contributed by atoms with Gasteiger partial charge in [-0.15, -0.1) is 0 Å². The fourth-order valence-corrected chi connectivity index (χ4v) is 2.96. The number of nitrogens with one attached hydrogen (secondary N) is 3. The van der Waals surface area contributed by atoms with Crippen molar-refractivity contribution in [3.8, 4) is 0 Å². The van der Waals surface area contributed by atoms with Gasteiger partial charge in [0.05, 0.1) is 28.7 Å². The molecule has 156 valence electrons. The van der Waals surface area contributed by atoms with Crippen LogP contribution in [-0.4, -0.2) is 28.3 Å². The Morgan fingerprint density at radius 1 is 1.20 bits per heavy atom.